The molecular weight excluding hydrogens is 330 g/mol. The van der Waals surface area contributed by atoms with Gasteiger partial charge in [0.15, 0.2) is 5.78 Å². The molecule has 0 amide bonds. The first-order valence-electron chi connectivity index (χ1n) is 10.4. The fraction of sp³-hybridized carbons (Fsp3) is 0.400. The van der Waals surface area contributed by atoms with Crippen molar-refractivity contribution in [3.63, 3.8) is 0 Å². The number of rotatable bonds is 5. The maximum atomic E-state index is 12.8. The summed E-state index contributed by atoms with van der Waals surface area (Å²) in [5.74, 6) is 0.975. The molecule has 1 atom stereocenters. The molecule has 1 aliphatic heterocycles. The number of nitrogens with zero attached hydrogens (tertiary/aromatic N) is 1. The fourth-order valence-corrected chi connectivity index (χ4v) is 4.65. The molecule has 2 aromatic carbocycles. The van der Waals surface area contributed by atoms with E-state index in [0.29, 0.717) is 6.54 Å². The van der Waals surface area contributed by atoms with E-state index in [1.807, 2.05) is 30.3 Å². The maximum absolute atomic E-state index is 12.8. The van der Waals surface area contributed by atoms with Gasteiger partial charge in [0.1, 0.15) is 0 Å². The highest BCUT2D eigenvalue weighted by molar-refractivity contribution is 5.97. The largest absolute Gasteiger partial charge is 0.293 e. The van der Waals surface area contributed by atoms with Crippen molar-refractivity contribution in [3.8, 4) is 0 Å². The number of hydrogen-bond donors (Lipinski definition) is 0. The van der Waals surface area contributed by atoms with Crippen molar-refractivity contribution in [2.24, 2.45) is 5.92 Å². The topological polar surface area (TPSA) is 20.3 Å². The molecule has 2 aromatic rings. The average Bonchev–Trinajstić information content (AvgIpc) is 2.76. The molecule has 2 nitrogen and oxygen atoms in total. The van der Waals surface area contributed by atoms with Gasteiger partial charge >= 0.3 is 0 Å². The van der Waals surface area contributed by atoms with Gasteiger partial charge < -0.3 is 0 Å². The molecule has 1 heterocycles. The first kappa shape index (κ1) is 18.2. The highest BCUT2D eigenvalue weighted by atomic mass is 16.1. The fourth-order valence-electron chi connectivity index (χ4n) is 4.65. The van der Waals surface area contributed by atoms with Gasteiger partial charge in [-0.2, -0.15) is 0 Å². The zero-order valence-electron chi connectivity index (χ0n) is 16.0. The van der Waals surface area contributed by atoms with Crippen LogP contribution in [0.4, 0.5) is 0 Å². The Kier molecular flexibility index (Phi) is 5.84. The number of ketones is 1. The second-order valence-electron chi connectivity index (χ2n) is 7.94. The van der Waals surface area contributed by atoms with E-state index in [1.54, 1.807) is 5.57 Å². The van der Waals surface area contributed by atoms with Crippen molar-refractivity contribution >= 4 is 5.78 Å². The van der Waals surface area contributed by atoms with Crippen LogP contribution in [0.25, 0.3) is 0 Å². The van der Waals surface area contributed by atoms with E-state index in [9.17, 15) is 4.79 Å². The van der Waals surface area contributed by atoms with E-state index < -0.39 is 0 Å². The molecule has 4 rings (SSSR count). The Bertz CT molecular complexity index is 774. The van der Waals surface area contributed by atoms with Crippen molar-refractivity contribution in [1.29, 1.82) is 0 Å². The second kappa shape index (κ2) is 8.67. The summed E-state index contributed by atoms with van der Waals surface area (Å²) >= 11 is 0. The van der Waals surface area contributed by atoms with Gasteiger partial charge in [-0.3, -0.25) is 9.69 Å². The summed E-state index contributed by atoms with van der Waals surface area (Å²) in [5, 5.41) is 0. The Morgan fingerprint density at radius 3 is 2.26 bits per heavy atom. The average molecular weight is 360 g/mol. The van der Waals surface area contributed by atoms with Crippen LogP contribution in [0.5, 0.6) is 0 Å². The van der Waals surface area contributed by atoms with Crippen LogP contribution < -0.4 is 0 Å². The van der Waals surface area contributed by atoms with Crippen LogP contribution in [0, 0.1) is 5.92 Å². The van der Waals surface area contributed by atoms with Gasteiger partial charge in [-0.1, -0.05) is 91.6 Å². The Morgan fingerprint density at radius 2 is 1.56 bits per heavy atom. The van der Waals surface area contributed by atoms with Gasteiger partial charge in [-0.05, 0) is 30.7 Å². The zero-order chi connectivity index (χ0) is 18.5. The van der Waals surface area contributed by atoms with Gasteiger partial charge in [0, 0.05) is 12.1 Å². The minimum Gasteiger partial charge on any atom is -0.293 e. The molecule has 0 bridgehead atoms. The molecule has 0 spiro atoms. The van der Waals surface area contributed by atoms with Gasteiger partial charge in [0.05, 0.1) is 12.6 Å². The number of benzene rings is 2. The Hall–Kier alpha value is -2.19. The van der Waals surface area contributed by atoms with Gasteiger partial charge in [0.25, 0.3) is 0 Å². The lowest BCUT2D eigenvalue weighted by Crippen LogP contribution is -2.37. The van der Waals surface area contributed by atoms with E-state index in [0.717, 1.165) is 24.4 Å². The summed E-state index contributed by atoms with van der Waals surface area (Å²) in [7, 11) is 0. The molecule has 0 N–H and O–H groups in total. The molecule has 0 aromatic heterocycles. The van der Waals surface area contributed by atoms with E-state index in [2.05, 4.69) is 41.3 Å². The summed E-state index contributed by atoms with van der Waals surface area (Å²) in [6.45, 7) is 1.46. The first-order chi connectivity index (χ1) is 13.3. The number of Topliss-reactive ketones (excluding diaryl/α,β-unsaturated/α-hetero) is 1. The molecule has 140 valence electrons. The molecule has 27 heavy (non-hydrogen) atoms. The Balaban J connectivity index is 1.57. The van der Waals surface area contributed by atoms with E-state index >= 15 is 0 Å². The van der Waals surface area contributed by atoms with Crippen LogP contribution in [-0.2, 0) is 0 Å². The van der Waals surface area contributed by atoms with Crippen LogP contribution in [-0.4, -0.2) is 23.8 Å². The van der Waals surface area contributed by atoms with E-state index in [1.165, 1.54) is 37.7 Å². The zero-order valence-corrected chi connectivity index (χ0v) is 16.0. The third-order valence-electron chi connectivity index (χ3n) is 6.17. The first-order valence-corrected chi connectivity index (χ1v) is 10.4. The molecule has 2 aliphatic rings. The number of carbonyl (C=O) groups excluding carboxylic acids is 1. The normalized spacial score (nSPS) is 21.6. The smallest absolute Gasteiger partial charge is 0.176 e. The Labute approximate surface area is 162 Å². The summed E-state index contributed by atoms with van der Waals surface area (Å²) in [6, 6.07) is 20.6. The van der Waals surface area contributed by atoms with E-state index in [4.69, 9.17) is 0 Å². The number of carbonyl (C=O) groups is 1. The van der Waals surface area contributed by atoms with Crippen molar-refractivity contribution in [2.45, 2.75) is 44.6 Å². The van der Waals surface area contributed by atoms with Crippen LogP contribution in [0.15, 0.2) is 72.3 Å². The van der Waals surface area contributed by atoms with Crippen LogP contribution in [0.1, 0.15) is 60.5 Å². The maximum Gasteiger partial charge on any atom is 0.176 e. The van der Waals surface area contributed by atoms with Crippen molar-refractivity contribution < 1.29 is 4.79 Å². The van der Waals surface area contributed by atoms with Crippen LogP contribution in [0.3, 0.4) is 0 Å². The minimum absolute atomic E-state index is 0.213. The molecular formula is C25H29NO. The molecule has 0 radical (unpaired) electrons. The van der Waals surface area contributed by atoms with Crippen LogP contribution >= 0.6 is 0 Å². The van der Waals surface area contributed by atoms with E-state index in [-0.39, 0.29) is 11.8 Å². The van der Waals surface area contributed by atoms with Crippen LogP contribution in [0.2, 0.25) is 0 Å². The summed E-state index contributed by atoms with van der Waals surface area (Å²) in [6.07, 6.45) is 10.4. The third kappa shape index (κ3) is 4.39. The quantitative estimate of drug-likeness (QED) is 0.495. The number of hydrogen-bond acceptors (Lipinski definition) is 2. The second-order valence-corrected chi connectivity index (χ2v) is 7.94. The standard InChI is InChI=1S/C25H29NO/c27-25(22-14-8-3-9-15-22)19-26-17-16-23(20-10-4-1-5-11-20)18-24(26)21-12-6-2-7-13-21/h2-3,6-9,12-15,18,20,24H,1,4-5,10-11,16-17,19H2. The predicted octanol–water partition coefficient (Wildman–Crippen LogP) is 5.82. The minimum atomic E-state index is 0.213. The monoisotopic (exact) mass is 359 g/mol. The molecule has 1 saturated carbocycles. The van der Waals surface area contributed by atoms with Crippen molar-refractivity contribution in [1.82, 2.24) is 4.90 Å². The highest BCUT2D eigenvalue weighted by Gasteiger charge is 2.28. The molecule has 1 aliphatic carbocycles. The van der Waals surface area contributed by atoms with Gasteiger partial charge in [0.2, 0.25) is 0 Å². The summed E-state index contributed by atoms with van der Waals surface area (Å²) in [4.78, 5) is 15.2. The highest BCUT2D eigenvalue weighted by Crippen LogP contribution is 2.37. The molecule has 1 unspecified atom stereocenters. The SMILES string of the molecule is O=C(CN1CCC(C2CCCCC2)=CC1c1ccccc1)c1ccccc1. The van der Waals surface area contributed by atoms with Gasteiger partial charge in [-0.15, -0.1) is 0 Å². The van der Waals surface area contributed by atoms with Crippen molar-refractivity contribution in [3.05, 3.63) is 83.4 Å². The lowest BCUT2D eigenvalue weighted by Gasteiger charge is -2.37. The molecule has 0 saturated heterocycles. The predicted molar refractivity (Wildman–Crippen MR) is 111 cm³/mol. The van der Waals surface area contributed by atoms with Crippen molar-refractivity contribution in [2.75, 3.05) is 13.1 Å². The summed E-state index contributed by atoms with van der Waals surface area (Å²) < 4.78 is 0. The molecule has 1 fully saturated rings. The van der Waals surface area contributed by atoms with Gasteiger partial charge in [-0.25, -0.2) is 0 Å². The Morgan fingerprint density at radius 1 is 0.889 bits per heavy atom. The molecule has 2 heteroatoms. The third-order valence-corrected chi connectivity index (χ3v) is 6.17. The lowest BCUT2D eigenvalue weighted by atomic mass is 9.80. The summed E-state index contributed by atoms with van der Waals surface area (Å²) in [5.41, 5.74) is 3.74. The lowest BCUT2D eigenvalue weighted by molar-refractivity contribution is 0.0902.